The van der Waals surface area contributed by atoms with E-state index in [1.54, 1.807) is 0 Å². The normalized spacial score (nSPS) is 10.7. The van der Waals surface area contributed by atoms with Crippen LogP contribution in [0.4, 0.5) is 0 Å². The second-order valence-electron chi connectivity index (χ2n) is 7.14. The summed E-state index contributed by atoms with van der Waals surface area (Å²) < 4.78 is 20.3. The highest BCUT2D eigenvalue weighted by atomic mass is 16.5. The van der Waals surface area contributed by atoms with Gasteiger partial charge in [-0.05, 0) is 59.0 Å². The van der Waals surface area contributed by atoms with Crippen molar-refractivity contribution in [1.82, 2.24) is 0 Å². The van der Waals surface area contributed by atoms with E-state index in [4.69, 9.17) is 18.9 Å². The van der Waals surface area contributed by atoms with Crippen LogP contribution in [0.25, 0.3) is 22.3 Å². The first-order chi connectivity index (χ1) is 17.0. The number of hydrogen-bond donors (Lipinski definition) is 0. The lowest BCUT2D eigenvalue weighted by Gasteiger charge is -2.10. The van der Waals surface area contributed by atoms with E-state index in [-0.39, 0.29) is 0 Å². The highest BCUT2D eigenvalue weighted by molar-refractivity contribution is 5.82. The molecule has 0 atom stereocenters. The molecule has 0 heterocycles. The number of ether oxygens (including phenoxy) is 4. The third-order valence-electron chi connectivity index (χ3n) is 4.80. The molecule has 0 unspecified atom stereocenters. The molecule has 3 aromatic carbocycles. The maximum absolute atomic E-state index is 11.0. The summed E-state index contributed by atoms with van der Waals surface area (Å²) in [6.45, 7) is 8.70. The molecule has 0 saturated heterocycles. The second-order valence-corrected chi connectivity index (χ2v) is 7.14. The highest BCUT2D eigenvalue weighted by Gasteiger charge is 2.06. The molecule has 0 aliphatic carbocycles. The van der Waals surface area contributed by atoms with Gasteiger partial charge in [-0.15, -0.1) is 0 Å². The zero-order valence-electron chi connectivity index (χ0n) is 19.2. The van der Waals surface area contributed by atoms with E-state index in [9.17, 15) is 9.59 Å². The molecule has 6 heteroatoms. The van der Waals surface area contributed by atoms with Gasteiger partial charge in [0.1, 0.15) is 36.5 Å². The summed E-state index contributed by atoms with van der Waals surface area (Å²) in [5, 5.41) is 0. The molecule has 0 bridgehead atoms. The Kier molecular flexibility index (Phi) is 8.79. The van der Waals surface area contributed by atoms with Crippen LogP contribution in [-0.4, -0.2) is 11.9 Å². The molecule has 0 spiro atoms. The van der Waals surface area contributed by atoms with Crippen molar-refractivity contribution in [2.45, 2.75) is 6.92 Å². The van der Waals surface area contributed by atoms with Gasteiger partial charge in [-0.3, -0.25) is 0 Å². The fourth-order valence-electron chi connectivity index (χ4n) is 3.10. The summed E-state index contributed by atoms with van der Waals surface area (Å²) in [5.74, 6) is 0.127. The van der Waals surface area contributed by atoms with Crippen molar-refractivity contribution in [3.05, 3.63) is 123 Å². The molecule has 3 aromatic rings. The number of rotatable bonds is 10. The molecule has 0 saturated carbocycles. The minimum atomic E-state index is -0.552. The summed E-state index contributed by atoms with van der Waals surface area (Å²) in [5.41, 5.74) is 5.40. The number of benzene rings is 3. The van der Waals surface area contributed by atoms with Crippen LogP contribution in [0, 0.1) is 6.92 Å². The molecule has 0 aromatic heterocycles. The van der Waals surface area contributed by atoms with Crippen molar-refractivity contribution < 1.29 is 28.5 Å². The van der Waals surface area contributed by atoms with Crippen LogP contribution in [0.1, 0.15) is 5.56 Å². The first-order valence-electron chi connectivity index (χ1n) is 10.6. The fourth-order valence-corrected chi connectivity index (χ4v) is 3.10. The van der Waals surface area contributed by atoms with Crippen LogP contribution in [0.15, 0.2) is 117 Å². The predicted molar refractivity (Wildman–Crippen MR) is 134 cm³/mol. The molecule has 35 heavy (non-hydrogen) atoms. The average Bonchev–Trinajstić information content (AvgIpc) is 2.89. The molecule has 176 valence electrons. The Morgan fingerprint density at radius 1 is 0.629 bits per heavy atom. The second kappa shape index (κ2) is 12.4. The topological polar surface area (TPSA) is 71.1 Å². The summed E-state index contributed by atoms with van der Waals surface area (Å²) in [4.78, 5) is 22.0. The van der Waals surface area contributed by atoms with Crippen molar-refractivity contribution in [2.24, 2.45) is 0 Å². The Labute approximate surface area is 204 Å². The molecule has 0 radical (unpaired) electrons. The largest absolute Gasteiger partial charge is 0.462 e. The van der Waals surface area contributed by atoms with Gasteiger partial charge < -0.3 is 18.9 Å². The Morgan fingerprint density at radius 3 is 1.54 bits per heavy atom. The molecule has 0 amide bonds. The van der Waals surface area contributed by atoms with Gasteiger partial charge in [0.05, 0.1) is 0 Å². The molecule has 0 fully saturated rings. The number of esters is 2. The lowest BCUT2D eigenvalue weighted by atomic mass is 9.96. The van der Waals surface area contributed by atoms with Gasteiger partial charge in [-0.25, -0.2) is 9.59 Å². The summed E-state index contributed by atoms with van der Waals surface area (Å²) in [7, 11) is 0. The van der Waals surface area contributed by atoms with Crippen LogP contribution in [0.2, 0.25) is 0 Å². The number of carbonyl (C=O) groups excluding carboxylic acids is 2. The molecule has 3 rings (SSSR count). The molecule has 6 nitrogen and oxygen atoms in total. The molecular weight excluding hydrogens is 444 g/mol. The minimum Gasteiger partial charge on any atom is -0.462 e. The maximum Gasteiger partial charge on any atom is 0.335 e. The van der Waals surface area contributed by atoms with E-state index in [0.29, 0.717) is 11.5 Å². The Hall–Kier alpha value is -4.84. The minimum absolute atomic E-state index is 0.552. The van der Waals surface area contributed by atoms with Gasteiger partial charge in [0.25, 0.3) is 0 Å². The molecule has 0 aliphatic heterocycles. The van der Waals surface area contributed by atoms with Crippen molar-refractivity contribution in [1.29, 1.82) is 0 Å². The first-order valence-corrected chi connectivity index (χ1v) is 10.6. The highest BCUT2D eigenvalue weighted by Crippen LogP contribution is 2.30. The van der Waals surface area contributed by atoms with E-state index in [2.05, 4.69) is 38.3 Å². The van der Waals surface area contributed by atoms with Crippen molar-refractivity contribution in [2.75, 3.05) is 0 Å². The van der Waals surface area contributed by atoms with Crippen LogP contribution >= 0.6 is 0 Å². The fraction of sp³-hybridized carbons (Fsp3) is 0.0345. The summed E-state index contributed by atoms with van der Waals surface area (Å²) in [6, 6.07) is 21.5. The molecule has 0 N–H and O–H groups in total. The smallest absolute Gasteiger partial charge is 0.335 e. The van der Waals surface area contributed by atoms with Crippen LogP contribution in [0.5, 0.6) is 11.5 Å². The Balaban J connectivity index is 1.63. The lowest BCUT2D eigenvalue weighted by Crippen LogP contribution is -1.93. The number of hydrogen-bond acceptors (Lipinski definition) is 6. The van der Waals surface area contributed by atoms with E-state index >= 15 is 0 Å². The van der Waals surface area contributed by atoms with Gasteiger partial charge in [-0.2, -0.15) is 0 Å². The number of carbonyl (C=O) groups is 2. The van der Waals surface area contributed by atoms with Gasteiger partial charge in [0, 0.05) is 12.2 Å². The van der Waals surface area contributed by atoms with Gasteiger partial charge >= 0.3 is 11.9 Å². The molecule has 0 aliphatic rings. The summed E-state index contributed by atoms with van der Waals surface area (Å²) in [6.07, 6.45) is 7.05. The molecular formula is C29H24O6. The van der Waals surface area contributed by atoms with Gasteiger partial charge in [0.15, 0.2) is 0 Å². The third-order valence-corrected chi connectivity index (χ3v) is 4.80. The Bertz CT molecular complexity index is 1250. The quantitative estimate of drug-likeness (QED) is 0.192. The van der Waals surface area contributed by atoms with Gasteiger partial charge in [0.2, 0.25) is 0 Å². The maximum atomic E-state index is 11.0. The SMILES string of the molecule is C=CC(=O)OC=COc1ccc(-c2ccc(-c3ccc(OC=COC(=O)C=C)cc3)c(C)c2)cc1. The van der Waals surface area contributed by atoms with Crippen LogP contribution < -0.4 is 9.47 Å². The number of aryl methyl sites for hydroxylation is 1. The van der Waals surface area contributed by atoms with E-state index in [1.165, 1.54) is 12.5 Å². The van der Waals surface area contributed by atoms with Crippen molar-refractivity contribution >= 4 is 11.9 Å². The van der Waals surface area contributed by atoms with E-state index in [0.717, 1.165) is 52.5 Å². The van der Waals surface area contributed by atoms with Crippen molar-refractivity contribution in [3.8, 4) is 33.8 Å². The summed E-state index contributed by atoms with van der Waals surface area (Å²) >= 11 is 0. The standard InChI is InChI=1S/C29H24O6/c1-4-28(30)34-18-16-32-25-11-6-22(7-12-25)24-10-15-27(21(3)20-24)23-8-13-26(14-9-23)33-17-19-35-29(31)5-2/h4-20H,1-2H2,3H3. The van der Waals surface area contributed by atoms with E-state index < -0.39 is 11.9 Å². The zero-order valence-corrected chi connectivity index (χ0v) is 19.2. The lowest BCUT2D eigenvalue weighted by molar-refractivity contribution is -0.133. The average molecular weight is 469 g/mol. The monoisotopic (exact) mass is 468 g/mol. The Morgan fingerprint density at radius 2 is 1.09 bits per heavy atom. The van der Waals surface area contributed by atoms with E-state index in [1.807, 2.05) is 48.5 Å². The zero-order chi connectivity index (χ0) is 25.0. The van der Waals surface area contributed by atoms with Gasteiger partial charge in [-0.1, -0.05) is 55.6 Å². The van der Waals surface area contributed by atoms with Crippen LogP contribution in [0.3, 0.4) is 0 Å². The van der Waals surface area contributed by atoms with Crippen LogP contribution in [-0.2, 0) is 19.1 Å². The van der Waals surface area contributed by atoms with Crippen molar-refractivity contribution in [3.63, 3.8) is 0 Å². The predicted octanol–water partition coefficient (Wildman–Crippen LogP) is 6.49. The third kappa shape index (κ3) is 7.33. The first kappa shape index (κ1) is 24.8.